The Bertz CT molecular complexity index is 347. The second-order valence-electron chi connectivity index (χ2n) is 5.50. The predicted octanol–water partition coefficient (Wildman–Crippen LogP) is 0.917. The molecule has 0 aromatic heterocycles. The smallest absolute Gasteiger partial charge is 0.262 e. The summed E-state index contributed by atoms with van der Waals surface area (Å²) in [4.78, 5) is 13.8. The lowest BCUT2D eigenvalue weighted by Crippen LogP contribution is -2.42. The number of nitrogens with one attached hydrogen (secondary N) is 1. The van der Waals surface area contributed by atoms with E-state index < -0.39 is 24.9 Å². The Balaban J connectivity index is 0.00000220. The molecule has 2 saturated heterocycles. The summed E-state index contributed by atoms with van der Waals surface area (Å²) in [6, 6.07) is -0.738. The van der Waals surface area contributed by atoms with Crippen LogP contribution in [0.15, 0.2) is 0 Å². The van der Waals surface area contributed by atoms with Crippen molar-refractivity contribution in [3.63, 3.8) is 0 Å². The summed E-state index contributed by atoms with van der Waals surface area (Å²) in [6.45, 7) is 2.49. The molecule has 0 aromatic rings. The summed E-state index contributed by atoms with van der Waals surface area (Å²) in [5, 5.41) is 2.61. The maximum atomic E-state index is 13.1. The molecule has 0 bridgehead atoms. The lowest BCUT2D eigenvalue weighted by atomic mass is 10.1. The number of ether oxygens (including phenoxy) is 2. The van der Waals surface area contributed by atoms with E-state index in [0.717, 1.165) is 6.42 Å². The monoisotopic (exact) mass is 328 g/mol. The van der Waals surface area contributed by atoms with Crippen LogP contribution in [-0.4, -0.2) is 69.3 Å². The summed E-state index contributed by atoms with van der Waals surface area (Å²) in [5.41, 5.74) is 0. The van der Waals surface area contributed by atoms with E-state index in [2.05, 4.69) is 5.32 Å². The number of nitrogens with zero attached hydrogens (tertiary/aromatic N) is 1. The Kier molecular flexibility index (Phi) is 7.26. The van der Waals surface area contributed by atoms with E-state index in [1.165, 1.54) is 0 Å². The normalized spacial score (nSPS) is 27.7. The Morgan fingerprint density at radius 2 is 2.19 bits per heavy atom. The minimum Gasteiger partial charge on any atom is -0.382 e. The Morgan fingerprint density at radius 1 is 1.43 bits per heavy atom. The van der Waals surface area contributed by atoms with Gasteiger partial charge in [-0.2, -0.15) is 0 Å². The number of carbonyl (C=O) groups is 1. The first-order valence-electron chi connectivity index (χ1n) is 6.98. The van der Waals surface area contributed by atoms with Crippen LogP contribution in [0.3, 0.4) is 0 Å². The van der Waals surface area contributed by atoms with Gasteiger partial charge in [-0.05, 0) is 6.42 Å². The average molecular weight is 329 g/mol. The molecule has 2 aliphatic rings. The van der Waals surface area contributed by atoms with Gasteiger partial charge in [-0.1, -0.05) is 0 Å². The van der Waals surface area contributed by atoms with Crippen LogP contribution in [0.4, 0.5) is 8.78 Å². The van der Waals surface area contributed by atoms with E-state index in [4.69, 9.17) is 9.47 Å². The zero-order valence-corrected chi connectivity index (χ0v) is 13.0. The average Bonchev–Trinajstić information content (AvgIpc) is 3.00. The molecule has 2 aliphatic heterocycles. The molecule has 1 amide bonds. The number of halogens is 3. The molecule has 0 saturated carbocycles. The van der Waals surface area contributed by atoms with Crippen molar-refractivity contribution >= 4 is 18.3 Å². The molecule has 0 spiro atoms. The van der Waals surface area contributed by atoms with Crippen molar-refractivity contribution in [1.29, 1.82) is 0 Å². The number of amides is 1. The number of likely N-dealkylation sites (tertiary alicyclic amines) is 1. The van der Waals surface area contributed by atoms with Gasteiger partial charge in [0.1, 0.15) is 0 Å². The zero-order chi connectivity index (χ0) is 14.6. The van der Waals surface area contributed by atoms with Crippen LogP contribution in [-0.2, 0) is 14.3 Å². The molecule has 2 rings (SSSR count). The van der Waals surface area contributed by atoms with E-state index in [9.17, 15) is 13.6 Å². The van der Waals surface area contributed by atoms with Crippen LogP contribution in [0.25, 0.3) is 0 Å². The fourth-order valence-corrected chi connectivity index (χ4v) is 2.67. The first-order valence-corrected chi connectivity index (χ1v) is 6.98. The van der Waals surface area contributed by atoms with Gasteiger partial charge in [0.2, 0.25) is 5.91 Å². The number of carbonyl (C=O) groups excluding carboxylic acids is 1. The topological polar surface area (TPSA) is 50.8 Å². The molecular formula is C13H23ClF2N2O3. The largest absolute Gasteiger partial charge is 0.382 e. The molecule has 2 unspecified atom stereocenters. The second-order valence-corrected chi connectivity index (χ2v) is 5.50. The van der Waals surface area contributed by atoms with Gasteiger partial charge in [0.25, 0.3) is 5.92 Å². The van der Waals surface area contributed by atoms with Crippen LogP contribution in [0.1, 0.15) is 12.8 Å². The molecule has 21 heavy (non-hydrogen) atoms. The summed E-state index contributed by atoms with van der Waals surface area (Å²) in [5.74, 6) is -2.68. The maximum absolute atomic E-state index is 13.1. The standard InChI is InChI=1S/C13H22F2N2O3.ClH/c1-19-4-5-20-8-10-2-3-17(7-10)12(18)11-6-13(14,15)9-16-11;/h10-11,16H,2-9H2,1H3;1H. The van der Waals surface area contributed by atoms with Crippen molar-refractivity contribution in [3.05, 3.63) is 0 Å². The molecule has 2 fully saturated rings. The summed E-state index contributed by atoms with van der Waals surface area (Å²) >= 11 is 0. The molecular weight excluding hydrogens is 306 g/mol. The number of methoxy groups -OCH3 is 1. The highest BCUT2D eigenvalue weighted by atomic mass is 35.5. The molecule has 0 radical (unpaired) electrons. The third kappa shape index (κ3) is 5.32. The Hall–Kier alpha value is -0.500. The van der Waals surface area contributed by atoms with Gasteiger partial charge in [-0.15, -0.1) is 12.4 Å². The van der Waals surface area contributed by atoms with E-state index in [1.54, 1.807) is 12.0 Å². The van der Waals surface area contributed by atoms with E-state index in [1.807, 2.05) is 0 Å². The number of hydrogen-bond donors (Lipinski definition) is 1. The quantitative estimate of drug-likeness (QED) is 0.737. The fourth-order valence-electron chi connectivity index (χ4n) is 2.67. The first kappa shape index (κ1) is 18.5. The van der Waals surface area contributed by atoms with Crippen LogP contribution in [0.5, 0.6) is 0 Å². The maximum Gasteiger partial charge on any atom is 0.262 e. The third-order valence-corrected chi connectivity index (χ3v) is 3.79. The summed E-state index contributed by atoms with van der Waals surface area (Å²) in [6.07, 6.45) is 0.471. The molecule has 5 nitrogen and oxygen atoms in total. The third-order valence-electron chi connectivity index (χ3n) is 3.79. The van der Waals surface area contributed by atoms with E-state index in [0.29, 0.717) is 32.9 Å². The van der Waals surface area contributed by atoms with Gasteiger partial charge < -0.3 is 14.4 Å². The Morgan fingerprint density at radius 3 is 2.81 bits per heavy atom. The number of rotatable bonds is 6. The second kappa shape index (κ2) is 8.22. The van der Waals surface area contributed by atoms with Crippen molar-refractivity contribution in [1.82, 2.24) is 10.2 Å². The highest BCUT2D eigenvalue weighted by Gasteiger charge is 2.44. The molecule has 0 aromatic carbocycles. The molecule has 1 N–H and O–H groups in total. The molecule has 2 atom stereocenters. The van der Waals surface area contributed by atoms with Crippen LogP contribution < -0.4 is 5.32 Å². The summed E-state index contributed by atoms with van der Waals surface area (Å²) < 4.78 is 36.5. The minimum absolute atomic E-state index is 0. The Labute approximate surface area is 129 Å². The molecule has 0 aliphatic carbocycles. The van der Waals surface area contributed by atoms with Crippen molar-refractivity contribution in [3.8, 4) is 0 Å². The van der Waals surface area contributed by atoms with Crippen LogP contribution in [0, 0.1) is 5.92 Å². The van der Waals surface area contributed by atoms with Gasteiger partial charge in [0.15, 0.2) is 0 Å². The van der Waals surface area contributed by atoms with E-state index in [-0.39, 0.29) is 24.2 Å². The lowest BCUT2D eigenvalue weighted by molar-refractivity contribution is -0.132. The fraction of sp³-hybridized carbons (Fsp3) is 0.923. The molecule has 2 heterocycles. The predicted molar refractivity (Wildman–Crippen MR) is 76.0 cm³/mol. The van der Waals surface area contributed by atoms with Crippen LogP contribution >= 0.6 is 12.4 Å². The van der Waals surface area contributed by atoms with Gasteiger partial charge in [-0.3, -0.25) is 10.1 Å². The van der Waals surface area contributed by atoms with Crippen molar-refractivity contribution < 1.29 is 23.0 Å². The SMILES string of the molecule is COCCOCC1CCN(C(=O)C2CC(F)(F)CN2)C1.Cl. The molecule has 124 valence electrons. The molecule has 8 heteroatoms. The van der Waals surface area contributed by atoms with Crippen molar-refractivity contribution in [2.75, 3.05) is 46.6 Å². The van der Waals surface area contributed by atoms with Gasteiger partial charge in [-0.25, -0.2) is 8.78 Å². The zero-order valence-electron chi connectivity index (χ0n) is 12.1. The van der Waals surface area contributed by atoms with Gasteiger partial charge in [0, 0.05) is 32.5 Å². The van der Waals surface area contributed by atoms with Gasteiger partial charge in [0.05, 0.1) is 32.4 Å². The number of alkyl halides is 2. The highest BCUT2D eigenvalue weighted by Crippen LogP contribution is 2.27. The van der Waals surface area contributed by atoms with Gasteiger partial charge >= 0.3 is 0 Å². The van der Waals surface area contributed by atoms with Crippen molar-refractivity contribution in [2.24, 2.45) is 5.92 Å². The van der Waals surface area contributed by atoms with Crippen molar-refractivity contribution in [2.45, 2.75) is 24.8 Å². The highest BCUT2D eigenvalue weighted by molar-refractivity contribution is 5.85. The minimum atomic E-state index is -2.76. The van der Waals surface area contributed by atoms with E-state index >= 15 is 0 Å². The summed E-state index contributed by atoms with van der Waals surface area (Å²) in [7, 11) is 1.61. The lowest BCUT2D eigenvalue weighted by Gasteiger charge is -2.20. The van der Waals surface area contributed by atoms with Crippen LogP contribution in [0.2, 0.25) is 0 Å². The number of hydrogen-bond acceptors (Lipinski definition) is 4. The first-order chi connectivity index (χ1) is 9.52.